The second-order valence-corrected chi connectivity index (χ2v) is 2.47. The summed E-state index contributed by atoms with van der Waals surface area (Å²) in [4.78, 5) is 9.42. The molecule has 0 unspecified atom stereocenters. The molecular formula is C9H10N2O3. The highest BCUT2D eigenvalue weighted by atomic mass is 16.6. The number of rotatable bonds is 4. The van der Waals surface area contributed by atoms with Crippen molar-refractivity contribution in [1.29, 1.82) is 0 Å². The predicted molar refractivity (Wildman–Crippen MR) is 52.8 cm³/mol. The van der Waals surface area contributed by atoms with E-state index < -0.39 is 4.92 Å². The smallest absolute Gasteiger partial charge is 0.250 e. The normalized spacial score (nSPS) is 10.1. The fraction of sp³-hybridized carbons (Fsp3) is 0.111. The van der Waals surface area contributed by atoms with Crippen LogP contribution >= 0.6 is 0 Å². The number of hydrogen-bond acceptors (Lipinski definition) is 4. The lowest BCUT2D eigenvalue weighted by molar-refractivity contribution is -0.402. The molecule has 0 amide bonds. The fourth-order valence-corrected chi connectivity index (χ4v) is 0.882. The average Bonchev–Trinajstić information content (AvgIpc) is 2.18. The van der Waals surface area contributed by atoms with Crippen molar-refractivity contribution in [2.45, 2.75) is 0 Å². The van der Waals surface area contributed by atoms with E-state index in [0.29, 0.717) is 0 Å². The molecule has 0 aliphatic rings. The van der Waals surface area contributed by atoms with Crippen LogP contribution in [-0.4, -0.2) is 12.0 Å². The van der Waals surface area contributed by atoms with Crippen molar-refractivity contribution in [2.75, 3.05) is 12.4 Å². The molecule has 74 valence electrons. The van der Waals surface area contributed by atoms with Crippen molar-refractivity contribution in [1.82, 2.24) is 0 Å². The van der Waals surface area contributed by atoms with Gasteiger partial charge in [-0.05, 0) is 24.3 Å². The van der Waals surface area contributed by atoms with E-state index >= 15 is 0 Å². The average molecular weight is 194 g/mol. The lowest BCUT2D eigenvalue weighted by atomic mass is 10.3. The first-order chi connectivity index (χ1) is 6.72. The second kappa shape index (κ2) is 4.86. The fourth-order valence-electron chi connectivity index (χ4n) is 0.882. The molecule has 14 heavy (non-hydrogen) atoms. The molecule has 5 nitrogen and oxygen atoms in total. The van der Waals surface area contributed by atoms with Crippen LogP contribution in [0.5, 0.6) is 5.75 Å². The lowest BCUT2D eigenvalue weighted by Gasteiger charge is -2.01. The molecule has 5 heteroatoms. The van der Waals surface area contributed by atoms with Gasteiger partial charge in [0, 0.05) is 5.69 Å². The Hall–Kier alpha value is -2.04. The molecule has 0 aromatic heterocycles. The summed E-state index contributed by atoms with van der Waals surface area (Å²) in [6.07, 6.45) is 2.10. The van der Waals surface area contributed by atoms with Crippen LogP contribution in [0.25, 0.3) is 0 Å². The maximum atomic E-state index is 9.95. The summed E-state index contributed by atoms with van der Waals surface area (Å²) in [7, 11) is 1.58. The summed E-state index contributed by atoms with van der Waals surface area (Å²) in [6, 6.07) is 7.07. The minimum atomic E-state index is -0.531. The molecule has 0 saturated carbocycles. The summed E-state index contributed by atoms with van der Waals surface area (Å²) in [5.74, 6) is 0.744. The Morgan fingerprint density at radius 2 is 2.07 bits per heavy atom. The Morgan fingerprint density at radius 3 is 2.57 bits per heavy atom. The Bertz CT molecular complexity index is 332. The third-order valence-corrected chi connectivity index (χ3v) is 1.54. The molecule has 1 rings (SSSR count). The van der Waals surface area contributed by atoms with Gasteiger partial charge in [-0.15, -0.1) is 0 Å². The number of anilines is 1. The highest BCUT2D eigenvalue weighted by Gasteiger charge is 1.91. The first-order valence-corrected chi connectivity index (χ1v) is 3.93. The van der Waals surface area contributed by atoms with E-state index in [2.05, 4.69) is 5.32 Å². The molecule has 1 aromatic rings. The van der Waals surface area contributed by atoms with Gasteiger partial charge in [0.2, 0.25) is 6.20 Å². The van der Waals surface area contributed by atoms with Crippen LogP contribution in [0.1, 0.15) is 0 Å². The van der Waals surface area contributed by atoms with E-state index in [1.54, 1.807) is 31.4 Å². The van der Waals surface area contributed by atoms with Crippen LogP contribution < -0.4 is 10.1 Å². The van der Waals surface area contributed by atoms with Crippen molar-refractivity contribution in [3.8, 4) is 5.75 Å². The Kier molecular flexibility index (Phi) is 3.49. The van der Waals surface area contributed by atoms with Crippen molar-refractivity contribution in [3.63, 3.8) is 0 Å². The summed E-state index contributed by atoms with van der Waals surface area (Å²) in [5, 5.41) is 12.7. The van der Waals surface area contributed by atoms with Gasteiger partial charge in [0.15, 0.2) is 0 Å². The molecule has 0 atom stereocenters. The quantitative estimate of drug-likeness (QED) is 0.586. The SMILES string of the molecule is COc1ccc(N/C=C\[N+](=O)[O-])cc1. The zero-order valence-electron chi connectivity index (χ0n) is 7.64. The van der Waals surface area contributed by atoms with Gasteiger partial charge in [-0.2, -0.15) is 0 Å². The van der Waals surface area contributed by atoms with Gasteiger partial charge < -0.3 is 10.1 Å². The summed E-state index contributed by atoms with van der Waals surface area (Å²) >= 11 is 0. The molecular weight excluding hydrogens is 184 g/mol. The topological polar surface area (TPSA) is 64.4 Å². The van der Waals surface area contributed by atoms with Gasteiger partial charge >= 0.3 is 0 Å². The van der Waals surface area contributed by atoms with Crippen molar-refractivity contribution < 1.29 is 9.66 Å². The first kappa shape index (κ1) is 10.0. The van der Waals surface area contributed by atoms with Crippen LogP contribution in [0.4, 0.5) is 5.69 Å². The first-order valence-electron chi connectivity index (χ1n) is 3.93. The molecule has 0 bridgehead atoms. The van der Waals surface area contributed by atoms with Gasteiger partial charge in [-0.1, -0.05) is 0 Å². The number of nitro groups is 1. The molecule has 1 aromatic carbocycles. The van der Waals surface area contributed by atoms with Crippen molar-refractivity contribution >= 4 is 5.69 Å². The van der Waals surface area contributed by atoms with Gasteiger partial charge in [0.1, 0.15) is 5.75 Å². The van der Waals surface area contributed by atoms with E-state index in [1.165, 1.54) is 6.20 Å². The number of hydrogen-bond donors (Lipinski definition) is 1. The predicted octanol–water partition coefficient (Wildman–Crippen LogP) is 1.85. The number of ether oxygens (including phenoxy) is 1. The molecule has 0 aliphatic carbocycles. The van der Waals surface area contributed by atoms with E-state index in [0.717, 1.165) is 17.6 Å². The zero-order chi connectivity index (χ0) is 10.4. The molecule has 0 spiro atoms. The number of methoxy groups -OCH3 is 1. The summed E-state index contributed by atoms with van der Waals surface area (Å²) < 4.78 is 4.96. The Balaban J connectivity index is 2.56. The molecule has 1 N–H and O–H groups in total. The summed E-state index contributed by atoms with van der Waals surface area (Å²) in [6.45, 7) is 0. The maximum absolute atomic E-state index is 9.95. The van der Waals surface area contributed by atoms with Crippen molar-refractivity contribution in [3.05, 3.63) is 46.8 Å². The number of nitrogens with zero attached hydrogens (tertiary/aromatic N) is 1. The van der Waals surface area contributed by atoms with E-state index in [4.69, 9.17) is 4.74 Å². The minimum Gasteiger partial charge on any atom is -0.497 e. The lowest BCUT2D eigenvalue weighted by Crippen LogP contribution is -1.91. The molecule has 0 fully saturated rings. The third kappa shape index (κ3) is 3.14. The van der Waals surface area contributed by atoms with E-state index in [9.17, 15) is 10.1 Å². The van der Waals surface area contributed by atoms with Crippen molar-refractivity contribution in [2.24, 2.45) is 0 Å². The maximum Gasteiger partial charge on any atom is 0.250 e. The van der Waals surface area contributed by atoms with Gasteiger partial charge in [-0.25, -0.2) is 0 Å². The zero-order valence-corrected chi connectivity index (χ0v) is 7.64. The van der Waals surface area contributed by atoms with Gasteiger partial charge in [0.05, 0.1) is 18.2 Å². The molecule has 0 aliphatic heterocycles. The monoisotopic (exact) mass is 194 g/mol. The standard InChI is InChI=1S/C9H10N2O3/c1-14-9-4-2-8(3-5-9)10-6-7-11(12)13/h2-7,10H,1H3/b7-6-. The number of benzene rings is 1. The van der Waals surface area contributed by atoms with Crippen LogP contribution in [0.2, 0.25) is 0 Å². The highest BCUT2D eigenvalue weighted by molar-refractivity contribution is 5.47. The molecule has 0 saturated heterocycles. The van der Waals surface area contributed by atoms with E-state index in [1.807, 2.05) is 0 Å². The van der Waals surface area contributed by atoms with Gasteiger partial charge in [0.25, 0.3) is 0 Å². The minimum absolute atomic E-state index is 0.531. The highest BCUT2D eigenvalue weighted by Crippen LogP contribution is 2.14. The Morgan fingerprint density at radius 1 is 1.43 bits per heavy atom. The van der Waals surface area contributed by atoms with Crippen LogP contribution in [0.3, 0.4) is 0 Å². The second-order valence-electron chi connectivity index (χ2n) is 2.47. The van der Waals surface area contributed by atoms with Crippen LogP contribution in [0, 0.1) is 10.1 Å². The summed E-state index contributed by atoms with van der Waals surface area (Å²) in [5.41, 5.74) is 0.768. The van der Waals surface area contributed by atoms with E-state index in [-0.39, 0.29) is 0 Å². The third-order valence-electron chi connectivity index (χ3n) is 1.54. The van der Waals surface area contributed by atoms with Gasteiger partial charge in [-0.3, -0.25) is 10.1 Å². The largest absolute Gasteiger partial charge is 0.497 e. The van der Waals surface area contributed by atoms with Crippen LogP contribution in [-0.2, 0) is 0 Å². The van der Waals surface area contributed by atoms with Crippen LogP contribution in [0.15, 0.2) is 36.7 Å². The molecule has 0 radical (unpaired) electrons. The Labute approximate surface area is 81.2 Å². The number of nitrogens with one attached hydrogen (secondary N) is 1. The molecule has 0 heterocycles.